The Kier molecular flexibility index (Phi) is 6.24. The van der Waals surface area contributed by atoms with Gasteiger partial charge in [-0.15, -0.1) is 0 Å². The zero-order valence-corrected chi connectivity index (χ0v) is 12.2. The molecular weight excluding hydrogens is 260 g/mol. The topological polar surface area (TPSA) is 75.8 Å². The molecule has 0 saturated heterocycles. The summed E-state index contributed by atoms with van der Waals surface area (Å²) in [5, 5.41) is 20.1. The lowest BCUT2D eigenvalue weighted by molar-refractivity contribution is -0.385. The van der Waals surface area contributed by atoms with Crippen LogP contribution in [0, 0.1) is 10.1 Å². The molecule has 0 aliphatic carbocycles. The number of hydrogen-bond acceptors (Lipinski definition) is 5. The Morgan fingerprint density at radius 1 is 1.40 bits per heavy atom. The number of nitro groups is 1. The first-order valence-electron chi connectivity index (χ1n) is 6.78. The molecule has 0 atom stereocenters. The molecule has 1 N–H and O–H groups in total. The Labute approximate surface area is 119 Å². The van der Waals surface area contributed by atoms with Crippen molar-refractivity contribution in [1.82, 2.24) is 0 Å². The van der Waals surface area contributed by atoms with Crippen molar-refractivity contribution >= 4 is 11.4 Å². The highest BCUT2D eigenvalue weighted by atomic mass is 16.6. The largest absolute Gasteiger partial charge is 0.490 e. The first kappa shape index (κ1) is 16.2. The summed E-state index contributed by atoms with van der Waals surface area (Å²) in [6.07, 6.45) is 1.88. The van der Waals surface area contributed by atoms with Gasteiger partial charge in [-0.25, -0.2) is 0 Å². The van der Waals surface area contributed by atoms with Crippen molar-refractivity contribution in [3.05, 3.63) is 28.3 Å². The molecule has 0 radical (unpaired) electrons. The molecule has 0 fully saturated rings. The number of rotatable bonds is 8. The highest BCUT2D eigenvalue weighted by Gasteiger charge is 2.20. The van der Waals surface area contributed by atoms with Crippen molar-refractivity contribution in [3.8, 4) is 5.75 Å². The van der Waals surface area contributed by atoms with Gasteiger partial charge in [0.25, 0.3) is 0 Å². The zero-order valence-electron chi connectivity index (χ0n) is 12.2. The van der Waals surface area contributed by atoms with Crippen LogP contribution in [0.3, 0.4) is 0 Å². The van der Waals surface area contributed by atoms with E-state index in [-0.39, 0.29) is 24.1 Å². The number of methoxy groups -OCH3 is 1. The first-order valence-corrected chi connectivity index (χ1v) is 6.78. The molecule has 112 valence electrons. The van der Waals surface area contributed by atoms with Gasteiger partial charge in [0.2, 0.25) is 0 Å². The summed E-state index contributed by atoms with van der Waals surface area (Å²) in [6, 6.07) is 5.09. The third-order valence-corrected chi connectivity index (χ3v) is 3.42. The number of aliphatic hydroxyl groups excluding tert-OH is 1. The van der Waals surface area contributed by atoms with Gasteiger partial charge in [-0.3, -0.25) is 10.1 Å². The quantitative estimate of drug-likeness (QED) is 0.586. The lowest BCUT2D eigenvalue weighted by Gasteiger charge is -2.32. The Morgan fingerprint density at radius 3 is 2.50 bits per heavy atom. The van der Waals surface area contributed by atoms with Crippen LogP contribution in [0.5, 0.6) is 5.75 Å². The molecule has 0 unspecified atom stereocenters. The predicted molar refractivity (Wildman–Crippen MR) is 78.5 cm³/mol. The van der Waals surface area contributed by atoms with Crippen LogP contribution in [0.25, 0.3) is 0 Å². The van der Waals surface area contributed by atoms with Crippen molar-refractivity contribution < 1.29 is 14.8 Å². The van der Waals surface area contributed by atoms with E-state index < -0.39 is 4.92 Å². The van der Waals surface area contributed by atoms with E-state index in [1.54, 1.807) is 12.1 Å². The smallest absolute Gasteiger partial charge is 0.311 e. The van der Waals surface area contributed by atoms with Crippen molar-refractivity contribution in [2.75, 3.05) is 25.2 Å². The van der Waals surface area contributed by atoms with E-state index in [0.717, 1.165) is 18.5 Å². The van der Waals surface area contributed by atoms with E-state index in [4.69, 9.17) is 4.74 Å². The maximum absolute atomic E-state index is 10.9. The molecule has 6 nitrogen and oxygen atoms in total. The number of benzene rings is 1. The minimum atomic E-state index is -0.462. The molecule has 0 heterocycles. The van der Waals surface area contributed by atoms with E-state index in [0.29, 0.717) is 6.54 Å². The Hall–Kier alpha value is -1.82. The number of nitro benzene ring substituents is 1. The summed E-state index contributed by atoms with van der Waals surface area (Å²) >= 11 is 0. The molecule has 0 aliphatic heterocycles. The second-order valence-corrected chi connectivity index (χ2v) is 4.50. The zero-order chi connectivity index (χ0) is 15.1. The predicted octanol–water partition coefficient (Wildman–Crippen LogP) is 2.59. The number of ether oxygens (including phenoxy) is 1. The number of anilines is 1. The molecular formula is C14H22N2O4. The summed E-state index contributed by atoms with van der Waals surface area (Å²) in [7, 11) is 1.42. The van der Waals surface area contributed by atoms with Gasteiger partial charge in [-0.05, 0) is 18.9 Å². The van der Waals surface area contributed by atoms with Crippen LogP contribution in [-0.2, 0) is 0 Å². The monoisotopic (exact) mass is 282 g/mol. The third kappa shape index (κ3) is 3.60. The molecule has 0 aromatic heterocycles. The summed E-state index contributed by atoms with van der Waals surface area (Å²) in [4.78, 5) is 12.5. The van der Waals surface area contributed by atoms with Gasteiger partial charge < -0.3 is 14.7 Å². The lowest BCUT2D eigenvalue weighted by Crippen LogP contribution is -2.36. The summed E-state index contributed by atoms with van der Waals surface area (Å²) in [5.41, 5.74) is 0.778. The fourth-order valence-electron chi connectivity index (χ4n) is 2.36. The van der Waals surface area contributed by atoms with Gasteiger partial charge in [-0.2, -0.15) is 0 Å². The van der Waals surface area contributed by atoms with E-state index >= 15 is 0 Å². The maximum Gasteiger partial charge on any atom is 0.311 e. The normalized spacial score (nSPS) is 10.7. The van der Waals surface area contributed by atoms with Crippen molar-refractivity contribution in [2.45, 2.75) is 32.7 Å². The van der Waals surface area contributed by atoms with Gasteiger partial charge in [0.1, 0.15) is 0 Å². The third-order valence-electron chi connectivity index (χ3n) is 3.42. The van der Waals surface area contributed by atoms with E-state index in [1.807, 2.05) is 0 Å². The number of hydrogen-bond donors (Lipinski definition) is 1. The van der Waals surface area contributed by atoms with Crippen LogP contribution < -0.4 is 9.64 Å². The van der Waals surface area contributed by atoms with Crippen molar-refractivity contribution in [1.29, 1.82) is 0 Å². The first-order chi connectivity index (χ1) is 9.58. The molecule has 1 rings (SSSR count). The minimum Gasteiger partial charge on any atom is -0.490 e. The molecule has 1 aromatic rings. The molecule has 0 bridgehead atoms. The maximum atomic E-state index is 10.9. The second kappa shape index (κ2) is 7.69. The van der Waals surface area contributed by atoms with E-state index in [2.05, 4.69) is 18.7 Å². The minimum absolute atomic E-state index is 0.0375. The molecule has 0 saturated carbocycles. The molecule has 6 heteroatoms. The summed E-state index contributed by atoms with van der Waals surface area (Å²) in [6.45, 7) is 4.70. The second-order valence-electron chi connectivity index (χ2n) is 4.50. The van der Waals surface area contributed by atoms with Gasteiger partial charge in [0.15, 0.2) is 5.75 Å². The van der Waals surface area contributed by atoms with Gasteiger partial charge in [0.05, 0.1) is 18.6 Å². The van der Waals surface area contributed by atoms with Crippen molar-refractivity contribution in [2.24, 2.45) is 0 Å². The van der Waals surface area contributed by atoms with Crippen LogP contribution in [-0.4, -0.2) is 36.3 Å². The summed E-state index contributed by atoms with van der Waals surface area (Å²) in [5.74, 6) is 0.237. The highest BCUT2D eigenvalue weighted by molar-refractivity contribution is 5.59. The Balaban J connectivity index is 3.17. The average molecular weight is 282 g/mol. The summed E-state index contributed by atoms with van der Waals surface area (Å²) < 4.78 is 5.09. The number of nitrogens with zero attached hydrogens (tertiary/aromatic N) is 2. The van der Waals surface area contributed by atoms with E-state index in [9.17, 15) is 15.2 Å². The van der Waals surface area contributed by atoms with Crippen LogP contribution in [0.2, 0.25) is 0 Å². The Morgan fingerprint density at radius 2 is 2.05 bits per heavy atom. The number of aliphatic hydroxyl groups is 1. The lowest BCUT2D eigenvalue weighted by atomic mass is 10.1. The SMILES string of the molecule is CCC(CC)N(CCO)c1ccc([N+](=O)[O-])c(OC)c1. The highest BCUT2D eigenvalue weighted by Crippen LogP contribution is 2.32. The molecule has 1 aromatic carbocycles. The van der Waals surface area contributed by atoms with Crippen LogP contribution in [0.15, 0.2) is 18.2 Å². The Bertz CT molecular complexity index is 447. The van der Waals surface area contributed by atoms with Crippen molar-refractivity contribution in [3.63, 3.8) is 0 Å². The molecule has 0 aliphatic rings. The average Bonchev–Trinajstić information content (AvgIpc) is 2.46. The van der Waals surface area contributed by atoms with Crippen LogP contribution >= 0.6 is 0 Å². The molecule has 20 heavy (non-hydrogen) atoms. The van der Waals surface area contributed by atoms with Gasteiger partial charge in [-0.1, -0.05) is 13.8 Å². The fraction of sp³-hybridized carbons (Fsp3) is 0.571. The van der Waals surface area contributed by atoms with Crippen LogP contribution in [0.1, 0.15) is 26.7 Å². The van der Waals surface area contributed by atoms with Gasteiger partial charge in [0, 0.05) is 30.4 Å². The standard InChI is InChI=1S/C14H22N2O4/c1-4-11(5-2)15(8-9-17)12-6-7-13(16(18)19)14(10-12)20-3/h6-7,10-11,17H,4-5,8-9H2,1-3H3. The van der Waals surface area contributed by atoms with E-state index in [1.165, 1.54) is 13.2 Å². The fourth-order valence-corrected chi connectivity index (χ4v) is 2.36. The van der Waals surface area contributed by atoms with Gasteiger partial charge >= 0.3 is 5.69 Å². The van der Waals surface area contributed by atoms with Crippen LogP contribution in [0.4, 0.5) is 11.4 Å². The molecule has 0 spiro atoms. The molecule has 0 amide bonds.